The molecule has 7 nitrogen and oxygen atoms in total. The minimum absolute atomic E-state index is 0.469. The van der Waals surface area contributed by atoms with Crippen LogP contribution in [0.1, 0.15) is 25.2 Å². The van der Waals surface area contributed by atoms with Gasteiger partial charge in [0.05, 0.1) is 24.5 Å². The highest BCUT2D eigenvalue weighted by atomic mass is 16.5. The van der Waals surface area contributed by atoms with E-state index in [4.69, 9.17) is 4.74 Å². The maximum absolute atomic E-state index is 10.0. The van der Waals surface area contributed by atoms with E-state index in [1.54, 1.807) is 0 Å². The molecule has 0 atom stereocenters. The van der Waals surface area contributed by atoms with E-state index in [1.807, 2.05) is 53.1 Å². The van der Waals surface area contributed by atoms with Crippen LogP contribution in [0.2, 0.25) is 0 Å². The SMILES string of the molecule is CCN(CC)c1ccc(/C=C(\C#N)c2nnc(N3CCOCC3)n2-c2ccccc2)cc1. The van der Waals surface area contributed by atoms with E-state index >= 15 is 0 Å². The molecule has 3 aromatic rings. The number of allylic oxidation sites excluding steroid dienone is 1. The Morgan fingerprint density at radius 3 is 2.34 bits per heavy atom. The smallest absolute Gasteiger partial charge is 0.232 e. The average Bonchev–Trinajstić information content (AvgIpc) is 3.30. The van der Waals surface area contributed by atoms with Crippen LogP contribution in [-0.2, 0) is 4.74 Å². The van der Waals surface area contributed by atoms with Gasteiger partial charge in [0.15, 0.2) is 5.82 Å². The highest BCUT2D eigenvalue weighted by Crippen LogP contribution is 2.27. The van der Waals surface area contributed by atoms with Crippen molar-refractivity contribution in [2.75, 3.05) is 49.2 Å². The number of benzene rings is 2. The third kappa shape index (κ3) is 4.51. The van der Waals surface area contributed by atoms with Crippen LogP contribution in [0.3, 0.4) is 0 Å². The van der Waals surface area contributed by atoms with Gasteiger partial charge in [0.25, 0.3) is 0 Å². The van der Waals surface area contributed by atoms with Crippen LogP contribution in [-0.4, -0.2) is 54.2 Å². The van der Waals surface area contributed by atoms with Gasteiger partial charge >= 0.3 is 0 Å². The number of hydrogen-bond donors (Lipinski definition) is 0. The Kier molecular flexibility index (Phi) is 6.83. The first kappa shape index (κ1) is 21.6. The average molecular weight is 429 g/mol. The topological polar surface area (TPSA) is 70.2 Å². The maximum Gasteiger partial charge on any atom is 0.232 e. The number of aromatic nitrogens is 3. The van der Waals surface area contributed by atoms with Crippen LogP contribution >= 0.6 is 0 Å². The van der Waals surface area contributed by atoms with Gasteiger partial charge in [-0.3, -0.25) is 4.57 Å². The van der Waals surface area contributed by atoms with E-state index in [0.29, 0.717) is 24.6 Å². The second kappa shape index (κ2) is 10.1. The van der Waals surface area contributed by atoms with Crippen molar-refractivity contribution in [2.45, 2.75) is 13.8 Å². The number of nitriles is 1. The van der Waals surface area contributed by atoms with Crippen molar-refractivity contribution < 1.29 is 4.74 Å². The second-order valence-electron chi connectivity index (χ2n) is 7.53. The van der Waals surface area contributed by atoms with Crippen LogP contribution in [0.15, 0.2) is 54.6 Å². The first-order valence-corrected chi connectivity index (χ1v) is 11.1. The lowest BCUT2D eigenvalue weighted by Gasteiger charge is -2.28. The maximum atomic E-state index is 10.0. The fraction of sp³-hybridized carbons (Fsp3) is 0.320. The second-order valence-corrected chi connectivity index (χ2v) is 7.53. The molecule has 0 radical (unpaired) electrons. The van der Waals surface area contributed by atoms with Gasteiger partial charge in [-0.25, -0.2) is 0 Å². The van der Waals surface area contributed by atoms with Gasteiger partial charge in [-0.05, 0) is 49.8 Å². The molecular formula is C25H28N6O. The van der Waals surface area contributed by atoms with Gasteiger partial charge < -0.3 is 14.5 Å². The molecule has 1 aliphatic heterocycles. The summed E-state index contributed by atoms with van der Waals surface area (Å²) in [5.41, 5.74) is 3.52. The number of para-hydroxylation sites is 1. The molecule has 0 N–H and O–H groups in total. The summed E-state index contributed by atoms with van der Waals surface area (Å²) in [6.45, 7) is 8.99. The molecule has 0 unspecified atom stereocenters. The van der Waals surface area contributed by atoms with E-state index in [2.05, 4.69) is 52.0 Å². The van der Waals surface area contributed by atoms with Crippen molar-refractivity contribution in [3.63, 3.8) is 0 Å². The normalized spacial score (nSPS) is 14.3. The molecular weight excluding hydrogens is 400 g/mol. The number of rotatable bonds is 7. The molecule has 2 aromatic carbocycles. The lowest BCUT2D eigenvalue weighted by molar-refractivity contribution is 0.122. The Hall–Kier alpha value is -3.63. The fourth-order valence-corrected chi connectivity index (χ4v) is 3.92. The van der Waals surface area contributed by atoms with Gasteiger partial charge in [0, 0.05) is 31.9 Å². The molecule has 1 aromatic heterocycles. The molecule has 4 rings (SSSR count). The molecule has 0 aliphatic carbocycles. The van der Waals surface area contributed by atoms with E-state index in [0.717, 1.165) is 43.4 Å². The van der Waals surface area contributed by atoms with Crippen LogP contribution in [0.4, 0.5) is 11.6 Å². The molecule has 2 heterocycles. The van der Waals surface area contributed by atoms with Crippen molar-refractivity contribution >= 4 is 23.3 Å². The zero-order chi connectivity index (χ0) is 22.3. The monoisotopic (exact) mass is 428 g/mol. The van der Waals surface area contributed by atoms with Gasteiger partial charge in [0.2, 0.25) is 5.95 Å². The van der Waals surface area contributed by atoms with Gasteiger partial charge in [0.1, 0.15) is 6.07 Å². The molecule has 0 saturated carbocycles. The first-order valence-electron chi connectivity index (χ1n) is 11.1. The summed E-state index contributed by atoms with van der Waals surface area (Å²) >= 11 is 0. The minimum Gasteiger partial charge on any atom is -0.378 e. The van der Waals surface area contributed by atoms with Gasteiger partial charge in [-0.1, -0.05) is 30.3 Å². The summed E-state index contributed by atoms with van der Waals surface area (Å²) in [5, 5.41) is 18.9. The first-order chi connectivity index (χ1) is 15.7. The van der Waals surface area contributed by atoms with E-state index in [9.17, 15) is 5.26 Å². The summed E-state index contributed by atoms with van der Waals surface area (Å²) < 4.78 is 7.46. The quantitative estimate of drug-likeness (QED) is 0.530. The van der Waals surface area contributed by atoms with E-state index in [-0.39, 0.29) is 0 Å². The number of anilines is 2. The lowest BCUT2D eigenvalue weighted by Crippen LogP contribution is -2.38. The molecule has 7 heteroatoms. The van der Waals surface area contributed by atoms with Gasteiger partial charge in [-0.15, -0.1) is 10.2 Å². The molecule has 0 amide bonds. The van der Waals surface area contributed by atoms with Gasteiger partial charge in [-0.2, -0.15) is 5.26 Å². The van der Waals surface area contributed by atoms with Crippen LogP contribution < -0.4 is 9.80 Å². The van der Waals surface area contributed by atoms with E-state index in [1.165, 1.54) is 5.69 Å². The third-order valence-electron chi connectivity index (χ3n) is 5.65. The Bertz CT molecular complexity index is 1090. The van der Waals surface area contributed by atoms with Crippen LogP contribution in [0.25, 0.3) is 17.3 Å². The molecule has 0 bridgehead atoms. The van der Waals surface area contributed by atoms with Crippen molar-refractivity contribution in [1.82, 2.24) is 14.8 Å². The third-order valence-corrected chi connectivity index (χ3v) is 5.65. The van der Waals surface area contributed by atoms with Crippen molar-refractivity contribution in [2.24, 2.45) is 0 Å². The predicted octanol–water partition coefficient (Wildman–Crippen LogP) is 4.01. The highest BCUT2D eigenvalue weighted by Gasteiger charge is 2.23. The Labute approximate surface area is 189 Å². The fourth-order valence-electron chi connectivity index (χ4n) is 3.92. The summed E-state index contributed by atoms with van der Waals surface area (Å²) in [6, 6.07) is 20.5. The van der Waals surface area contributed by atoms with Crippen LogP contribution in [0, 0.1) is 11.3 Å². The molecule has 32 heavy (non-hydrogen) atoms. The number of ether oxygens (including phenoxy) is 1. The number of nitrogens with zero attached hydrogens (tertiary/aromatic N) is 6. The zero-order valence-corrected chi connectivity index (χ0v) is 18.6. The standard InChI is InChI=1S/C25H28N6O/c1-3-29(4-2)22-12-10-20(11-13-22)18-21(19-26)24-27-28-25(30-14-16-32-17-15-30)31(24)23-8-6-5-7-9-23/h5-13,18H,3-4,14-17H2,1-2H3/b21-18+. The molecule has 0 spiro atoms. The van der Waals surface area contributed by atoms with Crippen LogP contribution in [0.5, 0.6) is 0 Å². The summed E-state index contributed by atoms with van der Waals surface area (Å²) in [6.07, 6.45) is 1.87. The summed E-state index contributed by atoms with van der Waals surface area (Å²) in [5.74, 6) is 1.26. The Balaban J connectivity index is 1.74. The Morgan fingerprint density at radius 1 is 1.03 bits per heavy atom. The largest absolute Gasteiger partial charge is 0.378 e. The zero-order valence-electron chi connectivity index (χ0n) is 18.6. The number of morpholine rings is 1. The van der Waals surface area contributed by atoms with Crippen molar-refractivity contribution in [3.8, 4) is 11.8 Å². The minimum atomic E-state index is 0.469. The predicted molar refractivity (Wildman–Crippen MR) is 128 cm³/mol. The van der Waals surface area contributed by atoms with E-state index < -0.39 is 0 Å². The molecule has 164 valence electrons. The lowest BCUT2D eigenvalue weighted by atomic mass is 10.1. The number of hydrogen-bond acceptors (Lipinski definition) is 6. The molecule has 1 aliphatic rings. The summed E-state index contributed by atoms with van der Waals surface area (Å²) in [4.78, 5) is 4.44. The molecule has 1 fully saturated rings. The highest BCUT2D eigenvalue weighted by molar-refractivity contribution is 5.88. The van der Waals surface area contributed by atoms with Crippen molar-refractivity contribution in [1.29, 1.82) is 5.26 Å². The summed E-state index contributed by atoms with van der Waals surface area (Å²) in [7, 11) is 0. The molecule has 1 saturated heterocycles. The van der Waals surface area contributed by atoms with Crippen molar-refractivity contribution in [3.05, 3.63) is 66.0 Å². The Morgan fingerprint density at radius 2 is 1.72 bits per heavy atom.